The lowest BCUT2D eigenvalue weighted by Gasteiger charge is -2.07. The molecule has 0 unspecified atom stereocenters. The van der Waals surface area contributed by atoms with Crippen molar-refractivity contribution in [3.8, 4) is 0 Å². The molecular formula is C9H10F3N3O. The quantitative estimate of drug-likeness (QED) is 0.827. The molecule has 2 amide bonds. The molecule has 0 aromatic carbocycles. The van der Waals surface area contributed by atoms with E-state index in [0.29, 0.717) is 5.56 Å². The molecule has 7 heteroatoms. The Morgan fingerprint density at radius 2 is 2.19 bits per heavy atom. The zero-order valence-electron chi connectivity index (χ0n) is 8.21. The Bertz CT molecular complexity index is 379. The average Bonchev–Trinajstić information content (AvgIpc) is 2.12. The van der Waals surface area contributed by atoms with Crippen molar-refractivity contribution in [2.24, 2.45) is 5.73 Å². The number of primary amides is 1. The zero-order valence-corrected chi connectivity index (χ0v) is 8.21. The van der Waals surface area contributed by atoms with E-state index < -0.39 is 18.6 Å². The summed E-state index contributed by atoms with van der Waals surface area (Å²) in [5.74, 6) is 0. The van der Waals surface area contributed by atoms with Gasteiger partial charge in [0.05, 0.1) is 6.42 Å². The molecule has 0 atom stereocenters. The maximum absolute atomic E-state index is 12.1. The number of nitrogens with zero attached hydrogens (tertiary/aromatic N) is 1. The summed E-state index contributed by atoms with van der Waals surface area (Å²) in [5, 5.41) is 2.28. The van der Waals surface area contributed by atoms with Gasteiger partial charge in [-0.05, 0) is 17.7 Å². The molecule has 1 aromatic heterocycles. The minimum atomic E-state index is -4.29. The molecule has 1 rings (SSSR count). The van der Waals surface area contributed by atoms with Gasteiger partial charge in [0.25, 0.3) is 0 Å². The van der Waals surface area contributed by atoms with Crippen LogP contribution in [0.2, 0.25) is 0 Å². The van der Waals surface area contributed by atoms with Crippen molar-refractivity contribution in [3.05, 3.63) is 29.6 Å². The van der Waals surface area contributed by atoms with E-state index in [9.17, 15) is 18.0 Å². The molecular weight excluding hydrogens is 223 g/mol. The number of amides is 2. The molecule has 1 heterocycles. The van der Waals surface area contributed by atoms with E-state index in [2.05, 4.69) is 10.3 Å². The fourth-order valence-corrected chi connectivity index (χ4v) is 1.13. The van der Waals surface area contributed by atoms with E-state index in [0.717, 1.165) is 0 Å². The van der Waals surface area contributed by atoms with Crippen LogP contribution < -0.4 is 11.1 Å². The number of rotatable bonds is 3. The van der Waals surface area contributed by atoms with Crippen LogP contribution in [0.1, 0.15) is 11.3 Å². The second-order valence-corrected chi connectivity index (χ2v) is 3.17. The molecule has 0 spiro atoms. The Morgan fingerprint density at radius 1 is 1.50 bits per heavy atom. The molecule has 16 heavy (non-hydrogen) atoms. The first-order valence-corrected chi connectivity index (χ1v) is 4.41. The van der Waals surface area contributed by atoms with Crippen LogP contribution in [0, 0.1) is 0 Å². The number of halogens is 3. The van der Waals surface area contributed by atoms with Crippen molar-refractivity contribution in [2.75, 3.05) is 0 Å². The number of hydrogen-bond donors (Lipinski definition) is 2. The van der Waals surface area contributed by atoms with Gasteiger partial charge in [-0.2, -0.15) is 13.2 Å². The van der Waals surface area contributed by atoms with Gasteiger partial charge >= 0.3 is 12.2 Å². The number of carbonyl (C=O) groups is 1. The van der Waals surface area contributed by atoms with Gasteiger partial charge in [-0.1, -0.05) is 0 Å². The monoisotopic (exact) mass is 233 g/mol. The van der Waals surface area contributed by atoms with Crippen LogP contribution in [0.25, 0.3) is 0 Å². The van der Waals surface area contributed by atoms with Gasteiger partial charge in [0.1, 0.15) is 0 Å². The number of carbonyl (C=O) groups excluding carboxylic acids is 1. The van der Waals surface area contributed by atoms with Crippen molar-refractivity contribution in [2.45, 2.75) is 19.1 Å². The van der Waals surface area contributed by atoms with Gasteiger partial charge in [0.2, 0.25) is 0 Å². The fourth-order valence-electron chi connectivity index (χ4n) is 1.13. The highest BCUT2D eigenvalue weighted by Crippen LogP contribution is 2.20. The van der Waals surface area contributed by atoms with Gasteiger partial charge in [-0.3, -0.25) is 4.98 Å². The zero-order chi connectivity index (χ0) is 12.2. The standard InChI is InChI=1S/C9H10F3N3O/c10-9(11,12)4-7-3-6(1-2-14-7)5-15-8(13)16/h1-3H,4-5H2,(H3,13,15,16). The molecule has 0 radical (unpaired) electrons. The molecule has 1 aromatic rings. The summed E-state index contributed by atoms with van der Waals surface area (Å²) in [6, 6.07) is 2.06. The normalized spacial score (nSPS) is 11.2. The van der Waals surface area contributed by atoms with E-state index in [4.69, 9.17) is 5.73 Å². The van der Waals surface area contributed by atoms with E-state index >= 15 is 0 Å². The third-order valence-electron chi connectivity index (χ3n) is 1.73. The molecule has 88 valence electrons. The largest absolute Gasteiger partial charge is 0.394 e. The number of alkyl halides is 3. The second-order valence-electron chi connectivity index (χ2n) is 3.17. The molecule has 0 bridgehead atoms. The van der Waals surface area contributed by atoms with Crippen LogP contribution >= 0.6 is 0 Å². The van der Waals surface area contributed by atoms with Gasteiger partial charge in [-0.25, -0.2) is 4.79 Å². The maximum atomic E-state index is 12.1. The first-order valence-electron chi connectivity index (χ1n) is 4.41. The lowest BCUT2D eigenvalue weighted by molar-refractivity contribution is -0.127. The van der Waals surface area contributed by atoms with Crippen molar-refractivity contribution in [3.63, 3.8) is 0 Å². The highest BCUT2D eigenvalue weighted by atomic mass is 19.4. The predicted octanol–water partition coefficient (Wildman–Crippen LogP) is 1.35. The minimum absolute atomic E-state index is 0.0860. The molecule has 0 fully saturated rings. The average molecular weight is 233 g/mol. The van der Waals surface area contributed by atoms with E-state index in [1.165, 1.54) is 18.3 Å². The van der Waals surface area contributed by atoms with Crippen LogP contribution in [0.3, 0.4) is 0 Å². The number of nitrogens with one attached hydrogen (secondary N) is 1. The lowest BCUT2D eigenvalue weighted by Crippen LogP contribution is -2.28. The SMILES string of the molecule is NC(=O)NCc1ccnc(CC(F)(F)F)c1. The molecule has 0 saturated carbocycles. The Labute approximate surface area is 89.7 Å². The molecule has 3 N–H and O–H groups in total. The Balaban J connectivity index is 2.67. The van der Waals surface area contributed by atoms with Crippen molar-refractivity contribution in [1.82, 2.24) is 10.3 Å². The minimum Gasteiger partial charge on any atom is -0.352 e. The summed E-state index contributed by atoms with van der Waals surface area (Å²) in [6.45, 7) is 0.0860. The molecule has 0 aliphatic heterocycles. The lowest BCUT2D eigenvalue weighted by atomic mass is 10.2. The maximum Gasteiger partial charge on any atom is 0.394 e. The van der Waals surface area contributed by atoms with Gasteiger partial charge in [0, 0.05) is 18.4 Å². The highest BCUT2D eigenvalue weighted by molar-refractivity contribution is 5.71. The first kappa shape index (κ1) is 12.3. The summed E-state index contributed by atoms with van der Waals surface area (Å²) >= 11 is 0. The number of pyridine rings is 1. The summed E-state index contributed by atoms with van der Waals surface area (Å²) < 4.78 is 36.2. The van der Waals surface area contributed by atoms with Crippen LogP contribution in [0.4, 0.5) is 18.0 Å². The Hall–Kier alpha value is -1.79. The molecule has 0 saturated heterocycles. The summed E-state index contributed by atoms with van der Waals surface area (Å²) in [7, 11) is 0. The third-order valence-corrected chi connectivity index (χ3v) is 1.73. The fraction of sp³-hybridized carbons (Fsp3) is 0.333. The predicted molar refractivity (Wildman–Crippen MR) is 50.4 cm³/mol. The Kier molecular flexibility index (Phi) is 3.70. The molecule has 0 aliphatic rings. The second kappa shape index (κ2) is 4.82. The molecule has 0 aliphatic carbocycles. The topological polar surface area (TPSA) is 68.0 Å². The van der Waals surface area contributed by atoms with Crippen molar-refractivity contribution in [1.29, 1.82) is 0 Å². The van der Waals surface area contributed by atoms with Crippen LogP contribution in [-0.2, 0) is 13.0 Å². The first-order chi connectivity index (χ1) is 7.37. The number of nitrogens with two attached hydrogens (primary N) is 1. The van der Waals surface area contributed by atoms with Crippen LogP contribution in [-0.4, -0.2) is 17.2 Å². The van der Waals surface area contributed by atoms with Crippen LogP contribution in [0.15, 0.2) is 18.3 Å². The van der Waals surface area contributed by atoms with Gasteiger partial charge in [0.15, 0.2) is 0 Å². The summed E-state index contributed by atoms with van der Waals surface area (Å²) in [4.78, 5) is 14.0. The van der Waals surface area contributed by atoms with Gasteiger partial charge < -0.3 is 11.1 Å². The smallest absolute Gasteiger partial charge is 0.352 e. The number of hydrogen-bond acceptors (Lipinski definition) is 2. The molecule has 4 nitrogen and oxygen atoms in total. The van der Waals surface area contributed by atoms with Crippen molar-refractivity contribution >= 4 is 6.03 Å². The van der Waals surface area contributed by atoms with E-state index in [1.54, 1.807) is 0 Å². The van der Waals surface area contributed by atoms with Crippen LogP contribution in [0.5, 0.6) is 0 Å². The van der Waals surface area contributed by atoms with E-state index in [-0.39, 0.29) is 12.2 Å². The Morgan fingerprint density at radius 3 is 2.75 bits per heavy atom. The van der Waals surface area contributed by atoms with Crippen molar-refractivity contribution < 1.29 is 18.0 Å². The third kappa shape index (κ3) is 4.63. The number of aromatic nitrogens is 1. The number of urea groups is 1. The van der Waals surface area contributed by atoms with E-state index in [1.807, 2.05) is 0 Å². The summed E-state index contributed by atoms with van der Waals surface area (Å²) in [5.41, 5.74) is 5.27. The highest BCUT2D eigenvalue weighted by Gasteiger charge is 2.28. The summed E-state index contributed by atoms with van der Waals surface area (Å²) in [6.07, 6.45) is -4.11. The van der Waals surface area contributed by atoms with Gasteiger partial charge in [-0.15, -0.1) is 0 Å².